The molecular weight excluding hydrogens is 119 g/mol. The number of halogens is 2. The fraction of sp³-hybridized carbons (Fsp3) is 0.500. The second-order valence-electron chi connectivity index (χ2n) is 0.791. The molecule has 0 aromatic heterocycles. The van der Waals surface area contributed by atoms with Crippen molar-refractivity contribution in [2.45, 2.75) is 13.3 Å². The summed E-state index contributed by atoms with van der Waals surface area (Å²) in [5, 5.41) is 0. The fourth-order valence-electron chi connectivity index (χ4n) is 0.134. The van der Waals surface area contributed by atoms with Crippen molar-refractivity contribution in [1.82, 2.24) is 0 Å². The minimum Gasteiger partial charge on any atom is -0.0706 e. The Morgan fingerprint density at radius 3 is 2.17 bits per heavy atom. The SMILES string of the molecule is CC[C]=C(Cl)Cl. The minimum atomic E-state index is 0.234. The highest BCUT2D eigenvalue weighted by molar-refractivity contribution is 6.55. The summed E-state index contributed by atoms with van der Waals surface area (Å²) in [6.07, 6.45) is 3.44. The molecule has 0 saturated heterocycles. The summed E-state index contributed by atoms with van der Waals surface area (Å²) < 4.78 is 0.234. The van der Waals surface area contributed by atoms with Gasteiger partial charge in [0.15, 0.2) is 0 Å². The molecule has 0 aromatic carbocycles. The summed E-state index contributed by atoms with van der Waals surface area (Å²) in [4.78, 5) is 0. The van der Waals surface area contributed by atoms with Crippen molar-refractivity contribution < 1.29 is 0 Å². The van der Waals surface area contributed by atoms with Gasteiger partial charge >= 0.3 is 0 Å². The molecule has 0 spiro atoms. The first kappa shape index (κ1) is 6.32. The molecule has 0 aliphatic rings. The maximum Gasteiger partial charge on any atom is 0.110 e. The molecule has 0 heterocycles. The van der Waals surface area contributed by atoms with Crippen LogP contribution in [0.25, 0.3) is 0 Å². The van der Waals surface area contributed by atoms with Crippen LogP contribution in [0.3, 0.4) is 0 Å². The van der Waals surface area contributed by atoms with Crippen molar-refractivity contribution in [1.29, 1.82) is 0 Å². The van der Waals surface area contributed by atoms with E-state index in [2.05, 4.69) is 6.08 Å². The topological polar surface area (TPSA) is 0 Å². The van der Waals surface area contributed by atoms with E-state index < -0.39 is 0 Å². The van der Waals surface area contributed by atoms with Crippen LogP contribution >= 0.6 is 23.2 Å². The molecule has 0 nitrogen and oxygen atoms in total. The van der Waals surface area contributed by atoms with Crippen LogP contribution < -0.4 is 0 Å². The van der Waals surface area contributed by atoms with Crippen molar-refractivity contribution in [3.05, 3.63) is 10.6 Å². The average Bonchev–Trinajstić information content (AvgIpc) is 1.35. The van der Waals surface area contributed by atoms with Crippen molar-refractivity contribution in [3.63, 3.8) is 0 Å². The molecule has 2 heteroatoms. The van der Waals surface area contributed by atoms with Gasteiger partial charge in [-0.25, -0.2) is 0 Å². The second-order valence-corrected chi connectivity index (χ2v) is 1.74. The molecule has 35 valence electrons. The Morgan fingerprint density at radius 2 is 2.17 bits per heavy atom. The molecule has 0 atom stereocenters. The Kier molecular flexibility index (Phi) is 3.70. The van der Waals surface area contributed by atoms with Gasteiger partial charge in [-0.3, -0.25) is 0 Å². The Labute approximate surface area is 47.8 Å². The Morgan fingerprint density at radius 1 is 1.67 bits per heavy atom. The van der Waals surface area contributed by atoms with Crippen LogP contribution in [0.2, 0.25) is 0 Å². The van der Waals surface area contributed by atoms with Crippen LogP contribution in [0.1, 0.15) is 13.3 Å². The van der Waals surface area contributed by atoms with E-state index in [0.29, 0.717) is 0 Å². The van der Waals surface area contributed by atoms with Crippen molar-refractivity contribution in [2.75, 3.05) is 0 Å². The molecule has 0 bridgehead atoms. The zero-order valence-electron chi connectivity index (χ0n) is 3.46. The van der Waals surface area contributed by atoms with E-state index in [1.807, 2.05) is 6.92 Å². The highest BCUT2D eigenvalue weighted by atomic mass is 35.5. The van der Waals surface area contributed by atoms with E-state index in [1.165, 1.54) is 0 Å². The van der Waals surface area contributed by atoms with Gasteiger partial charge in [-0.15, -0.1) is 0 Å². The molecule has 0 aliphatic carbocycles. The van der Waals surface area contributed by atoms with E-state index in [1.54, 1.807) is 0 Å². The van der Waals surface area contributed by atoms with Crippen molar-refractivity contribution in [2.24, 2.45) is 0 Å². The maximum absolute atomic E-state index is 5.15. The summed E-state index contributed by atoms with van der Waals surface area (Å²) in [6.45, 7) is 1.92. The summed E-state index contributed by atoms with van der Waals surface area (Å²) in [6, 6.07) is 0. The minimum absolute atomic E-state index is 0.234. The molecule has 0 saturated carbocycles. The van der Waals surface area contributed by atoms with Crippen LogP contribution in [0.5, 0.6) is 0 Å². The predicted octanol–water partition coefficient (Wildman–Crippen LogP) is 2.52. The lowest BCUT2D eigenvalue weighted by atomic mass is 10.5. The van der Waals surface area contributed by atoms with Gasteiger partial charge in [-0.05, 0) is 12.5 Å². The summed E-state index contributed by atoms with van der Waals surface area (Å²) in [7, 11) is 0. The van der Waals surface area contributed by atoms with Gasteiger partial charge in [0, 0.05) is 0 Å². The highest BCUT2D eigenvalue weighted by Crippen LogP contribution is 2.04. The van der Waals surface area contributed by atoms with Gasteiger partial charge in [-0.2, -0.15) is 0 Å². The molecule has 0 rings (SSSR count). The first-order chi connectivity index (χ1) is 2.77. The highest BCUT2D eigenvalue weighted by Gasteiger charge is 1.75. The van der Waals surface area contributed by atoms with Gasteiger partial charge in [0.2, 0.25) is 0 Å². The van der Waals surface area contributed by atoms with Crippen LogP contribution in [0.4, 0.5) is 0 Å². The molecule has 0 aromatic rings. The monoisotopic (exact) mass is 123 g/mol. The largest absolute Gasteiger partial charge is 0.110 e. The Bertz CT molecular complexity index is 52.6. The zero-order valence-corrected chi connectivity index (χ0v) is 4.97. The molecule has 0 aliphatic heterocycles. The number of hydrogen-bond acceptors (Lipinski definition) is 0. The molecular formula is C4H5Cl2. The number of hydrogen-bond donors (Lipinski definition) is 0. The third kappa shape index (κ3) is 4.32. The van der Waals surface area contributed by atoms with Gasteiger partial charge in [0.25, 0.3) is 0 Å². The molecule has 0 amide bonds. The zero-order chi connectivity index (χ0) is 4.99. The van der Waals surface area contributed by atoms with Crippen LogP contribution in [0, 0.1) is 6.08 Å². The predicted molar refractivity (Wildman–Crippen MR) is 28.8 cm³/mol. The summed E-state index contributed by atoms with van der Waals surface area (Å²) in [5.41, 5.74) is 0. The fourth-order valence-corrected chi connectivity index (χ4v) is 0.401. The quantitative estimate of drug-likeness (QED) is 0.503. The van der Waals surface area contributed by atoms with E-state index in [0.717, 1.165) is 6.42 Å². The Hall–Kier alpha value is 0.320. The lowest BCUT2D eigenvalue weighted by molar-refractivity contribution is 1.19. The molecule has 6 heavy (non-hydrogen) atoms. The van der Waals surface area contributed by atoms with Gasteiger partial charge in [0.1, 0.15) is 4.49 Å². The van der Waals surface area contributed by atoms with E-state index >= 15 is 0 Å². The maximum atomic E-state index is 5.15. The molecule has 0 fully saturated rings. The van der Waals surface area contributed by atoms with Crippen LogP contribution in [0.15, 0.2) is 4.49 Å². The van der Waals surface area contributed by atoms with Crippen molar-refractivity contribution >= 4 is 23.2 Å². The van der Waals surface area contributed by atoms with Gasteiger partial charge < -0.3 is 0 Å². The molecule has 0 N–H and O–H groups in total. The second kappa shape index (κ2) is 3.51. The van der Waals surface area contributed by atoms with Crippen LogP contribution in [-0.2, 0) is 0 Å². The van der Waals surface area contributed by atoms with Crippen molar-refractivity contribution in [3.8, 4) is 0 Å². The number of allylic oxidation sites excluding steroid dienone is 1. The third-order valence-corrected chi connectivity index (χ3v) is 0.578. The first-order valence-corrected chi connectivity index (χ1v) is 2.44. The lowest BCUT2D eigenvalue weighted by Crippen LogP contribution is -1.52. The Balaban J connectivity index is 3.14. The third-order valence-electron chi connectivity index (χ3n) is 0.310. The van der Waals surface area contributed by atoms with Gasteiger partial charge in [0.05, 0.1) is 0 Å². The molecule has 0 unspecified atom stereocenters. The standard InChI is InChI=1S/C4H5Cl2/c1-2-3-4(5)6/h2H2,1H3. The van der Waals surface area contributed by atoms with E-state index in [4.69, 9.17) is 23.2 Å². The summed E-state index contributed by atoms with van der Waals surface area (Å²) >= 11 is 10.3. The van der Waals surface area contributed by atoms with E-state index in [-0.39, 0.29) is 4.49 Å². The van der Waals surface area contributed by atoms with Crippen LogP contribution in [-0.4, -0.2) is 0 Å². The lowest BCUT2D eigenvalue weighted by Gasteiger charge is -1.72. The number of rotatable bonds is 1. The average molecular weight is 124 g/mol. The molecule has 1 radical (unpaired) electrons. The smallest absolute Gasteiger partial charge is 0.0706 e. The van der Waals surface area contributed by atoms with E-state index in [9.17, 15) is 0 Å². The summed E-state index contributed by atoms with van der Waals surface area (Å²) in [5.74, 6) is 0. The first-order valence-electron chi connectivity index (χ1n) is 1.69. The van der Waals surface area contributed by atoms with Gasteiger partial charge in [-0.1, -0.05) is 30.1 Å². The normalized spacial score (nSPS) is 7.83.